The molecule has 134 valence electrons. The van der Waals surface area contributed by atoms with Gasteiger partial charge in [-0.25, -0.2) is 9.67 Å². The smallest absolute Gasteiger partial charge is 0.255 e. The van der Waals surface area contributed by atoms with Crippen LogP contribution in [-0.2, 0) is 0 Å². The van der Waals surface area contributed by atoms with Gasteiger partial charge in [-0.3, -0.25) is 4.79 Å². The van der Waals surface area contributed by atoms with Gasteiger partial charge in [0.2, 0.25) is 0 Å². The molecule has 0 spiro atoms. The lowest BCUT2D eigenvalue weighted by molar-refractivity contribution is 0.102. The van der Waals surface area contributed by atoms with Gasteiger partial charge in [0.15, 0.2) is 0 Å². The number of anilines is 2. The predicted molar refractivity (Wildman–Crippen MR) is 104 cm³/mol. The number of carbonyl (C=O) groups excluding carboxylic acids is 1. The van der Waals surface area contributed by atoms with Crippen molar-refractivity contribution >= 4 is 17.3 Å². The van der Waals surface area contributed by atoms with Crippen LogP contribution in [0.3, 0.4) is 0 Å². The van der Waals surface area contributed by atoms with E-state index in [9.17, 15) is 4.79 Å². The molecule has 3 rings (SSSR count). The Morgan fingerprint density at radius 3 is 2.35 bits per heavy atom. The lowest BCUT2D eigenvalue weighted by Gasteiger charge is -2.27. The van der Waals surface area contributed by atoms with Crippen LogP contribution < -0.4 is 10.2 Å². The van der Waals surface area contributed by atoms with E-state index in [0.717, 1.165) is 23.6 Å². The first-order valence-electron chi connectivity index (χ1n) is 8.71. The molecule has 6 nitrogen and oxygen atoms in total. The fraction of sp³-hybridized carbons (Fsp3) is 0.250. The van der Waals surface area contributed by atoms with Crippen molar-refractivity contribution in [2.45, 2.75) is 26.8 Å². The quantitative estimate of drug-likeness (QED) is 0.736. The van der Waals surface area contributed by atoms with Gasteiger partial charge in [0, 0.05) is 29.5 Å². The fourth-order valence-electron chi connectivity index (χ4n) is 2.89. The molecule has 3 aromatic rings. The van der Waals surface area contributed by atoms with E-state index in [0.29, 0.717) is 11.6 Å². The van der Waals surface area contributed by atoms with Crippen LogP contribution in [0.15, 0.2) is 61.2 Å². The van der Waals surface area contributed by atoms with E-state index in [2.05, 4.69) is 41.1 Å². The zero-order valence-electron chi connectivity index (χ0n) is 15.3. The van der Waals surface area contributed by atoms with Crippen molar-refractivity contribution in [2.24, 2.45) is 0 Å². The van der Waals surface area contributed by atoms with Gasteiger partial charge in [0.25, 0.3) is 5.91 Å². The summed E-state index contributed by atoms with van der Waals surface area (Å²) in [6, 6.07) is 15.6. The average molecular weight is 349 g/mol. The van der Waals surface area contributed by atoms with Crippen LogP contribution in [0.1, 0.15) is 31.1 Å². The zero-order chi connectivity index (χ0) is 18.5. The highest BCUT2D eigenvalue weighted by Crippen LogP contribution is 2.20. The molecule has 0 bridgehead atoms. The van der Waals surface area contributed by atoms with Crippen LogP contribution >= 0.6 is 0 Å². The minimum absolute atomic E-state index is 0.140. The normalized spacial score (nSPS) is 10.8. The molecule has 0 fully saturated rings. The minimum Gasteiger partial charge on any atom is -0.369 e. The number of aromatic nitrogens is 3. The number of hydrogen-bond acceptors (Lipinski definition) is 4. The van der Waals surface area contributed by atoms with Crippen molar-refractivity contribution in [3.05, 3.63) is 66.7 Å². The van der Waals surface area contributed by atoms with Crippen LogP contribution in [0.5, 0.6) is 0 Å². The first-order chi connectivity index (χ1) is 12.6. The number of rotatable bonds is 6. The highest BCUT2D eigenvalue weighted by Gasteiger charge is 2.10. The second-order valence-corrected chi connectivity index (χ2v) is 6.27. The van der Waals surface area contributed by atoms with Gasteiger partial charge < -0.3 is 10.2 Å². The first kappa shape index (κ1) is 17.7. The zero-order valence-corrected chi connectivity index (χ0v) is 15.3. The second-order valence-electron chi connectivity index (χ2n) is 6.27. The van der Waals surface area contributed by atoms with Crippen molar-refractivity contribution in [1.82, 2.24) is 14.8 Å². The highest BCUT2D eigenvalue weighted by molar-refractivity contribution is 6.04. The van der Waals surface area contributed by atoms with Crippen molar-refractivity contribution in [1.29, 1.82) is 0 Å². The number of carbonyl (C=O) groups is 1. The number of nitrogens with zero attached hydrogens (tertiary/aromatic N) is 4. The van der Waals surface area contributed by atoms with Crippen LogP contribution in [0, 0.1) is 0 Å². The van der Waals surface area contributed by atoms with Crippen molar-refractivity contribution in [3.63, 3.8) is 0 Å². The summed E-state index contributed by atoms with van der Waals surface area (Å²) in [6.07, 6.45) is 3.09. The summed E-state index contributed by atoms with van der Waals surface area (Å²) >= 11 is 0. The molecule has 1 amide bonds. The molecule has 0 saturated heterocycles. The van der Waals surface area contributed by atoms with Crippen molar-refractivity contribution < 1.29 is 4.79 Å². The van der Waals surface area contributed by atoms with Gasteiger partial charge in [-0.2, -0.15) is 5.10 Å². The summed E-state index contributed by atoms with van der Waals surface area (Å²) in [5.41, 5.74) is 3.38. The second kappa shape index (κ2) is 7.82. The molecule has 0 aliphatic heterocycles. The molecule has 1 aromatic heterocycles. The number of benzene rings is 2. The Morgan fingerprint density at radius 2 is 1.81 bits per heavy atom. The summed E-state index contributed by atoms with van der Waals surface area (Å²) in [7, 11) is 0. The molecule has 1 N–H and O–H groups in total. The molecule has 6 heteroatoms. The number of nitrogens with one attached hydrogen (secondary N) is 1. The van der Waals surface area contributed by atoms with Gasteiger partial charge in [0.05, 0.1) is 5.69 Å². The first-order valence-corrected chi connectivity index (χ1v) is 8.71. The Bertz CT molecular complexity index is 839. The van der Waals surface area contributed by atoms with E-state index >= 15 is 0 Å². The van der Waals surface area contributed by atoms with E-state index in [1.165, 1.54) is 6.33 Å². The maximum Gasteiger partial charge on any atom is 0.255 e. The molecule has 1 heterocycles. The summed E-state index contributed by atoms with van der Waals surface area (Å²) in [5, 5.41) is 7.01. The van der Waals surface area contributed by atoms with Crippen LogP contribution in [0.25, 0.3) is 5.69 Å². The largest absolute Gasteiger partial charge is 0.369 e. The third-order valence-corrected chi connectivity index (χ3v) is 4.23. The van der Waals surface area contributed by atoms with Gasteiger partial charge in [-0.1, -0.05) is 0 Å². The topological polar surface area (TPSA) is 63.1 Å². The Hall–Kier alpha value is -3.15. The summed E-state index contributed by atoms with van der Waals surface area (Å²) < 4.78 is 1.65. The monoisotopic (exact) mass is 349 g/mol. The number of amides is 1. The molecule has 0 atom stereocenters. The van der Waals surface area contributed by atoms with Gasteiger partial charge in [0.1, 0.15) is 12.7 Å². The lowest BCUT2D eigenvalue weighted by atomic mass is 10.2. The SMILES string of the molecule is CCN(c1ccc(NC(=O)c2ccc(-n3cncn3)cc2)cc1)C(C)C. The van der Waals surface area contributed by atoms with Gasteiger partial charge in [-0.15, -0.1) is 0 Å². The fourth-order valence-corrected chi connectivity index (χ4v) is 2.89. The standard InChI is InChI=1S/C20H23N5O/c1-4-24(15(2)3)18-11-7-17(8-12-18)23-20(26)16-5-9-19(10-6-16)25-14-21-13-22-25/h5-15H,4H2,1-3H3,(H,23,26). The Morgan fingerprint density at radius 1 is 1.12 bits per heavy atom. The van der Waals surface area contributed by atoms with Crippen LogP contribution in [0.4, 0.5) is 11.4 Å². The molecule has 0 aliphatic rings. The van der Waals surface area contributed by atoms with E-state index in [1.54, 1.807) is 23.1 Å². The van der Waals surface area contributed by atoms with E-state index in [1.807, 2.05) is 36.4 Å². The summed E-state index contributed by atoms with van der Waals surface area (Å²) in [4.78, 5) is 18.7. The van der Waals surface area contributed by atoms with Gasteiger partial charge >= 0.3 is 0 Å². The Kier molecular flexibility index (Phi) is 5.31. The maximum absolute atomic E-state index is 12.4. The van der Waals surface area contributed by atoms with E-state index in [4.69, 9.17) is 0 Å². The number of hydrogen-bond donors (Lipinski definition) is 1. The third-order valence-electron chi connectivity index (χ3n) is 4.23. The summed E-state index contributed by atoms with van der Waals surface area (Å²) in [5.74, 6) is -0.140. The van der Waals surface area contributed by atoms with E-state index < -0.39 is 0 Å². The maximum atomic E-state index is 12.4. The van der Waals surface area contributed by atoms with Crippen molar-refractivity contribution in [3.8, 4) is 5.69 Å². The average Bonchev–Trinajstić information content (AvgIpc) is 3.18. The molecule has 26 heavy (non-hydrogen) atoms. The predicted octanol–water partition coefficient (Wildman–Crippen LogP) is 3.75. The van der Waals surface area contributed by atoms with E-state index in [-0.39, 0.29) is 5.91 Å². The minimum atomic E-state index is -0.140. The van der Waals surface area contributed by atoms with Crippen LogP contribution in [-0.4, -0.2) is 33.3 Å². The molecular weight excluding hydrogens is 326 g/mol. The molecular formula is C20H23N5O. The summed E-state index contributed by atoms with van der Waals surface area (Å²) in [6.45, 7) is 7.42. The highest BCUT2D eigenvalue weighted by atomic mass is 16.1. The molecule has 0 unspecified atom stereocenters. The van der Waals surface area contributed by atoms with Crippen LogP contribution in [0.2, 0.25) is 0 Å². The lowest BCUT2D eigenvalue weighted by Crippen LogP contribution is -2.30. The molecule has 0 saturated carbocycles. The molecule has 0 aliphatic carbocycles. The Labute approximate surface area is 153 Å². The van der Waals surface area contributed by atoms with Crippen molar-refractivity contribution in [2.75, 3.05) is 16.8 Å². The molecule has 0 radical (unpaired) electrons. The molecule has 2 aromatic carbocycles. The van der Waals surface area contributed by atoms with Gasteiger partial charge in [-0.05, 0) is 69.3 Å². The third kappa shape index (κ3) is 3.91. The Balaban J connectivity index is 1.68.